The van der Waals surface area contributed by atoms with Gasteiger partial charge in [0.1, 0.15) is 17.6 Å². The van der Waals surface area contributed by atoms with E-state index in [-0.39, 0.29) is 17.9 Å². The van der Waals surface area contributed by atoms with Crippen molar-refractivity contribution in [2.75, 3.05) is 7.11 Å². The molecule has 1 amide bonds. The molecule has 22 heavy (non-hydrogen) atoms. The van der Waals surface area contributed by atoms with Crippen LogP contribution in [0.5, 0.6) is 5.75 Å². The van der Waals surface area contributed by atoms with Crippen molar-refractivity contribution in [3.63, 3.8) is 0 Å². The van der Waals surface area contributed by atoms with E-state index in [0.717, 1.165) is 36.4 Å². The molecular weight excluding hydrogens is 278 g/mol. The number of rotatable bonds is 5. The number of amides is 1. The molecule has 0 aliphatic heterocycles. The maximum Gasteiger partial charge on any atom is 0.223 e. The quantitative estimate of drug-likeness (QED) is 0.922. The van der Waals surface area contributed by atoms with Crippen LogP contribution in [0.2, 0.25) is 0 Å². The Morgan fingerprint density at radius 3 is 2.77 bits per heavy atom. The van der Waals surface area contributed by atoms with Crippen molar-refractivity contribution in [3.8, 4) is 5.75 Å². The second-order valence-corrected chi connectivity index (χ2v) is 5.71. The predicted molar refractivity (Wildman–Crippen MR) is 83.5 cm³/mol. The van der Waals surface area contributed by atoms with E-state index in [2.05, 4.69) is 10.3 Å². The molecule has 0 bridgehead atoms. The molecule has 1 aliphatic rings. The molecule has 1 fully saturated rings. The van der Waals surface area contributed by atoms with Gasteiger partial charge in [0.05, 0.1) is 7.11 Å². The number of aromatic nitrogens is 2. The van der Waals surface area contributed by atoms with Crippen molar-refractivity contribution in [1.82, 2.24) is 14.9 Å². The SMILES string of the molecule is COc1ccccc1[C@H](NC(=O)C1CCC1)c1nccn1C. The van der Waals surface area contributed by atoms with Crippen molar-refractivity contribution in [2.45, 2.75) is 25.3 Å². The number of nitrogens with one attached hydrogen (secondary N) is 1. The zero-order valence-corrected chi connectivity index (χ0v) is 13.0. The number of benzene rings is 1. The highest BCUT2D eigenvalue weighted by Gasteiger charge is 2.30. The summed E-state index contributed by atoms with van der Waals surface area (Å²) < 4.78 is 7.39. The fourth-order valence-electron chi connectivity index (χ4n) is 2.77. The summed E-state index contributed by atoms with van der Waals surface area (Å²) in [5.74, 6) is 1.80. The first-order chi connectivity index (χ1) is 10.7. The Kier molecular flexibility index (Phi) is 4.13. The Morgan fingerprint density at radius 1 is 1.41 bits per heavy atom. The first kappa shape index (κ1) is 14.6. The van der Waals surface area contributed by atoms with Crippen molar-refractivity contribution in [3.05, 3.63) is 48.0 Å². The van der Waals surface area contributed by atoms with Gasteiger partial charge in [0.25, 0.3) is 0 Å². The number of ether oxygens (including phenoxy) is 1. The van der Waals surface area contributed by atoms with Crippen molar-refractivity contribution in [2.24, 2.45) is 13.0 Å². The molecule has 1 aliphatic carbocycles. The van der Waals surface area contributed by atoms with Gasteiger partial charge in [0, 0.05) is 30.9 Å². The molecule has 2 aromatic rings. The number of imidazole rings is 1. The molecular formula is C17H21N3O2. The van der Waals surface area contributed by atoms with Gasteiger partial charge < -0.3 is 14.6 Å². The minimum atomic E-state index is -0.302. The van der Waals surface area contributed by atoms with Crippen LogP contribution in [0.25, 0.3) is 0 Å². The molecule has 1 aromatic heterocycles. The van der Waals surface area contributed by atoms with Gasteiger partial charge in [-0.05, 0) is 18.9 Å². The highest BCUT2D eigenvalue weighted by atomic mass is 16.5. The fourth-order valence-corrected chi connectivity index (χ4v) is 2.77. The van der Waals surface area contributed by atoms with E-state index in [1.54, 1.807) is 13.3 Å². The minimum Gasteiger partial charge on any atom is -0.496 e. The maximum atomic E-state index is 12.4. The number of para-hydroxylation sites is 1. The lowest BCUT2D eigenvalue weighted by molar-refractivity contribution is -0.127. The van der Waals surface area contributed by atoms with E-state index in [1.165, 1.54) is 0 Å². The van der Waals surface area contributed by atoms with Gasteiger partial charge in [-0.3, -0.25) is 4.79 Å². The summed E-state index contributed by atoms with van der Waals surface area (Å²) in [6.45, 7) is 0. The molecule has 1 atom stereocenters. The lowest BCUT2D eigenvalue weighted by atomic mass is 9.84. The fraction of sp³-hybridized carbons (Fsp3) is 0.412. The van der Waals surface area contributed by atoms with Crippen LogP contribution in [-0.2, 0) is 11.8 Å². The smallest absolute Gasteiger partial charge is 0.223 e. The first-order valence-corrected chi connectivity index (χ1v) is 7.61. The average Bonchev–Trinajstić information content (AvgIpc) is 2.89. The maximum absolute atomic E-state index is 12.4. The third-order valence-electron chi connectivity index (χ3n) is 4.33. The van der Waals surface area contributed by atoms with E-state index in [4.69, 9.17) is 4.74 Å². The molecule has 1 saturated carbocycles. The van der Waals surface area contributed by atoms with Crippen molar-refractivity contribution >= 4 is 5.91 Å². The molecule has 5 heteroatoms. The lowest BCUT2D eigenvalue weighted by Crippen LogP contribution is -2.38. The van der Waals surface area contributed by atoms with Gasteiger partial charge in [-0.25, -0.2) is 4.98 Å². The topological polar surface area (TPSA) is 56.1 Å². The van der Waals surface area contributed by atoms with E-state index in [9.17, 15) is 4.79 Å². The Hall–Kier alpha value is -2.30. The summed E-state index contributed by atoms with van der Waals surface area (Å²) >= 11 is 0. The molecule has 116 valence electrons. The Labute approximate surface area is 130 Å². The average molecular weight is 299 g/mol. The van der Waals surface area contributed by atoms with Crippen LogP contribution in [0.4, 0.5) is 0 Å². The van der Waals surface area contributed by atoms with Gasteiger partial charge in [-0.15, -0.1) is 0 Å². The van der Waals surface area contributed by atoms with Crippen LogP contribution in [0.3, 0.4) is 0 Å². The summed E-state index contributed by atoms with van der Waals surface area (Å²) in [5.41, 5.74) is 0.923. The zero-order valence-electron chi connectivity index (χ0n) is 13.0. The monoisotopic (exact) mass is 299 g/mol. The van der Waals surface area contributed by atoms with Gasteiger partial charge in [0.15, 0.2) is 0 Å². The predicted octanol–water partition coefficient (Wildman–Crippen LogP) is 2.43. The normalized spacial score (nSPS) is 15.9. The molecule has 1 N–H and O–H groups in total. The second kappa shape index (κ2) is 6.22. The van der Waals surface area contributed by atoms with Gasteiger partial charge >= 0.3 is 0 Å². The highest BCUT2D eigenvalue weighted by molar-refractivity contribution is 5.80. The van der Waals surface area contributed by atoms with E-state index < -0.39 is 0 Å². The van der Waals surface area contributed by atoms with Gasteiger partial charge in [-0.2, -0.15) is 0 Å². The Balaban J connectivity index is 1.95. The number of hydrogen-bond donors (Lipinski definition) is 1. The number of aryl methyl sites for hydroxylation is 1. The molecule has 0 unspecified atom stereocenters. The molecule has 3 rings (SSSR count). The Bertz CT molecular complexity index is 661. The zero-order chi connectivity index (χ0) is 15.5. The molecule has 0 spiro atoms. The van der Waals surface area contributed by atoms with E-state index in [1.807, 2.05) is 42.1 Å². The summed E-state index contributed by atoms with van der Waals surface area (Å²) in [4.78, 5) is 16.8. The minimum absolute atomic E-state index is 0.102. The summed E-state index contributed by atoms with van der Waals surface area (Å²) in [7, 11) is 3.57. The van der Waals surface area contributed by atoms with Crippen molar-refractivity contribution in [1.29, 1.82) is 0 Å². The number of carbonyl (C=O) groups is 1. The summed E-state index contributed by atoms with van der Waals surface area (Å²) in [6, 6.07) is 7.44. The van der Waals surface area contributed by atoms with Gasteiger partial charge in [0.2, 0.25) is 5.91 Å². The van der Waals surface area contributed by atoms with Crippen molar-refractivity contribution < 1.29 is 9.53 Å². The van der Waals surface area contributed by atoms with Crippen LogP contribution in [0.1, 0.15) is 36.7 Å². The number of nitrogens with zero attached hydrogens (tertiary/aromatic N) is 2. The van der Waals surface area contributed by atoms with E-state index >= 15 is 0 Å². The molecule has 5 nitrogen and oxygen atoms in total. The number of hydrogen-bond acceptors (Lipinski definition) is 3. The molecule has 0 saturated heterocycles. The number of methoxy groups -OCH3 is 1. The van der Waals surface area contributed by atoms with Crippen LogP contribution >= 0.6 is 0 Å². The third kappa shape index (κ3) is 2.71. The third-order valence-corrected chi connectivity index (χ3v) is 4.33. The molecule has 0 radical (unpaired) electrons. The number of carbonyl (C=O) groups excluding carboxylic acids is 1. The summed E-state index contributed by atoms with van der Waals surface area (Å²) in [5, 5.41) is 3.15. The lowest BCUT2D eigenvalue weighted by Gasteiger charge is -2.28. The second-order valence-electron chi connectivity index (χ2n) is 5.71. The Morgan fingerprint density at radius 2 is 2.18 bits per heavy atom. The van der Waals surface area contributed by atoms with Crippen LogP contribution < -0.4 is 10.1 Å². The van der Waals surface area contributed by atoms with Crippen LogP contribution in [0.15, 0.2) is 36.7 Å². The summed E-state index contributed by atoms with van der Waals surface area (Å²) in [6.07, 6.45) is 6.72. The first-order valence-electron chi connectivity index (χ1n) is 7.61. The van der Waals surface area contributed by atoms with Crippen LogP contribution in [-0.4, -0.2) is 22.6 Å². The van der Waals surface area contributed by atoms with Gasteiger partial charge in [-0.1, -0.05) is 24.6 Å². The van der Waals surface area contributed by atoms with Crippen LogP contribution in [0, 0.1) is 5.92 Å². The largest absolute Gasteiger partial charge is 0.496 e. The standard InChI is InChI=1S/C17H21N3O2/c1-20-11-10-18-16(20)15(19-17(21)12-6-5-7-12)13-8-3-4-9-14(13)22-2/h3-4,8-12,15H,5-7H2,1-2H3,(H,19,21)/t15-/m0/s1. The molecule has 1 aromatic carbocycles. The highest BCUT2D eigenvalue weighted by Crippen LogP contribution is 2.31. The molecule has 1 heterocycles. The van der Waals surface area contributed by atoms with E-state index in [0.29, 0.717) is 0 Å².